The minimum absolute atomic E-state index is 0.795. The van der Waals surface area contributed by atoms with Crippen LogP contribution in [-0.2, 0) is 6.42 Å². The largest absolute Gasteiger partial charge is 0.314 e. The molecular formula is C12H17N5S. The van der Waals surface area contributed by atoms with Crippen LogP contribution in [0.4, 0.5) is 0 Å². The number of hydrogen-bond acceptors (Lipinski definition) is 5. The highest BCUT2D eigenvalue weighted by atomic mass is 32.1. The number of aryl methyl sites for hydroxylation is 2. The number of rotatable bonds is 6. The van der Waals surface area contributed by atoms with E-state index in [0.717, 1.165) is 46.7 Å². The van der Waals surface area contributed by atoms with Gasteiger partial charge in [0.1, 0.15) is 5.01 Å². The maximum absolute atomic E-state index is 4.24. The smallest absolute Gasteiger partial charge is 0.151 e. The van der Waals surface area contributed by atoms with Gasteiger partial charge in [-0.1, -0.05) is 11.3 Å². The number of aromatic nitrogens is 4. The molecule has 0 amide bonds. The van der Waals surface area contributed by atoms with E-state index in [0.29, 0.717) is 0 Å². The summed E-state index contributed by atoms with van der Waals surface area (Å²) in [6, 6.07) is 0.795. The first-order chi connectivity index (χ1) is 8.83. The Morgan fingerprint density at radius 1 is 1.44 bits per heavy atom. The van der Waals surface area contributed by atoms with Crippen LogP contribution < -0.4 is 5.32 Å². The predicted molar refractivity (Wildman–Crippen MR) is 71.6 cm³/mol. The molecule has 96 valence electrons. The zero-order chi connectivity index (χ0) is 12.4. The second-order valence-electron chi connectivity index (χ2n) is 4.74. The molecule has 0 aliphatic heterocycles. The van der Waals surface area contributed by atoms with Crippen molar-refractivity contribution in [2.45, 2.75) is 38.6 Å². The van der Waals surface area contributed by atoms with Gasteiger partial charge in [-0.15, -0.1) is 10.2 Å². The topological polar surface area (TPSA) is 66.5 Å². The molecule has 2 heterocycles. The van der Waals surface area contributed by atoms with Crippen LogP contribution in [0.15, 0.2) is 6.20 Å². The van der Waals surface area contributed by atoms with Crippen LogP contribution in [0.25, 0.3) is 10.6 Å². The molecule has 6 heteroatoms. The quantitative estimate of drug-likeness (QED) is 0.781. The van der Waals surface area contributed by atoms with Crippen molar-refractivity contribution in [1.29, 1.82) is 0 Å². The molecule has 0 spiro atoms. The third-order valence-electron chi connectivity index (χ3n) is 3.10. The van der Waals surface area contributed by atoms with E-state index in [9.17, 15) is 0 Å². The van der Waals surface area contributed by atoms with Gasteiger partial charge in [0.15, 0.2) is 5.01 Å². The van der Waals surface area contributed by atoms with Gasteiger partial charge >= 0.3 is 0 Å². The van der Waals surface area contributed by atoms with Crippen molar-refractivity contribution >= 4 is 11.3 Å². The highest BCUT2D eigenvalue weighted by molar-refractivity contribution is 7.14. The lowest BCUT2D eigenvalue weighted by atomic mass is 10.3. The summed E-state index contributed by atoms with van der Waals surface area (Å²) in [5, 5.41) is 21.0. The lowest BCUT2D eigenvalue weighted by Crippen LogP contribution is -2.17. The molecule has 1 aliphatic carbocycles. The van der Waals surface area contributed by atoms with Crippen molar-refractivity contribution in [3.63, 3.8) is 0 Å². The Labute approximate surface area is 110 Å². The Bertz CT molecular complexity index is 514. The zero-order valence-electron chi connectivity index (χ0n) is 10.4. The van der Waals surface area contributed by atoms with Gasteiger partial charge in [0, 0.05) is 18.2 Å². The summed E-state index contributed by atoms with van der Waals surface area (Å²) in [7, 11) is 0. The first-order valence-electron chi connectivity index (χ1n) is 6.39. The number of H-pyrrole nitrogens is 1. The molecule has 5 nitrogen and oxygen atoms in total. The highest BCUT2D eigenvalue weighted by Crippen LogP contribution is 2.25. The summed E-state index contributed by atoms with van der Waals surface area (Å²) < 4.78 is 0. The fourth-order valence-electron chi connectivity index (χ4n) is 1.86. The Morgan fingerprint density at radius 2 is 2.33 bits per heavy atom. The maximum Gasteiger partial charge on any atom is 0.151 e. The SMILES string of the molecule is Cc1[nH]ncc1-c1nnc(CCCNC2CC2)s1. The molecule has 0 saturated heterocycles. The van der Waals surface area contributed by atoms with Crippen LogP contribution in [-0.4, -0.2) is 33.0 Å². The maximum atomic E-state index is 4.24. The average molecular weight is 263 g/mol. The molecule has 3 rings (SSSR count). The molecule has 1 saturated carbocycles. The van der Waals surface area contributed by atoms with Gasteiger partial charge in [-0.3, -0.25) is 5.10 Å². The van der Waals surface area contributed by atoms with Crippen LogP contribution in [0.3, 0.4) is 0 Å². The van der Waals surface area contributed by atoms with Gasteiger partial charge in [0.25, 0.3) is 0 Å². The average Bonchev–Trinajstić information content (AvgIpc) is 2.90. The van der Waals surface area contributed by atoms with E-state index in [2.05, 4.69) is 25.7 Å². The van der Waals surface area contributed by atoms with Gasteiger partial charge in [-0.2, -0.15) is 5.10 Å². The van der Waals surface area contributed by atoms with Crippen LogP contribution in [0.1, 0.15) is 30.0 Å². The van der Waals surface area contributed by atoms with Gasteiger partial charge in [-0.05, 0) is 32.7 Å². The Morgan fingerprint density at radius 3 is 3.06 bits per heavy atom. The Kier molecular flexibility index (Phi) is 3.38. The Balaban J connectivity index is 1.54. The van der Waals surface area contributed by atoms with Crippen LogP contribution in [0.2, 0.25) is 0 Å². The second kappa shape index (κ2) is 5.16. The fraction of sp³-hybridized carbons (Fsp3) is 0.583. The van der Waals surface area contributed by atoms with Gasteiger partial charge in [-0.25, -0.2) is 0 Å². The van der Waals surface area contributed by atoms with E-state index in [4.69, 9.17) is 0 Å². The molecule has 2 aromatic rings. The predicted octanol–water partition coefficient (Wildman–Crippen LogP) is 1.92. The summed E-state index contributed by atoms with van der Waals surface area (Å²) in [6.45, 7) is 3.09. The lowest BCUT2D eigenvalue weighted by molar-refractivity contribution is 0.643. The van der Waals surface area contributed by atoms with Crippen LogP contribution >= 0.6 is 11.3 Å². The van der Waals surface area contributed by atoms with Crippen molar-refractivity contribution < 1.29 is 0 Å². The zero-order valence-corrected chi connectivity index (χ0v) is 11.3. The number of hydrogen-bond donors (Lipinski definition) is 2. The van der Waals surface area contributed by atoms with Gasteiger partial charge in [0.05, 0.1) is 11.8 Å². The molecule has 0 radical (unpaired) electrons. The minimum atomic E-state index is 0.795. The fourth-order valence-corrected chi connectivity index (χ4v) is 2.81. The third-order valence-corrected chi connectivity index (χ3v) is 4.12. The van der Waals surface area contributed by atoms with Crippen molar-refractivity contribution in [3.05, 3.63) is 16.9 Å². The molecule has 18 heavy (non-hydrogen) atoms. The summed E-state index contributed by atoms with van der Waals surface area (Å²) in [4.78, 5) is 0. The molecule has 0 bridgehead atoms. The number of nitrogens with one attached hydrogen (secondary N) is 2. The van der Waals surface area contributed by atoms with Crippen LogP contribution in [0, 0.1) is 6.92 Å². The van der Waals surface area contributed by atoms with E-state index in [-0.39, 0.29) is 0 Å². The molecule has 1 fully saturated rings. The van der Waals surface area contributed by atoms with Crippen molar-refractivity contribution in [2.24, 2.45) is 0 Å². The van der Waals surface area contributed by atoms with Crippen molar-refractivity contribution in [3.8, 4) is 10.6 Å². The monoisotopic (exact) mass is 263 g/mol. The van der Waals surface area contributed by atoms with E-state index in [1.807, 2.05) is 13.1 Å². The number of nitrogens with zero attached hydrogens (tertiary/aromatic N) is 3. The molecular weight excluding hydrogens is 246 g/mol. The molecule has 0 aromatic carbocycles. The molecule has 2 aromatic heterocycles. The van der Waals surface area contributed by atoms with Crippen LogP contribution in [0.5, 0.6) is 0 Å². The first kappa shape index (κ1) is 11.8. The van der Waals surface area contributed by atoms with E-state index in [1.165, 1.54) is 12.8 Å². The molecule has 1 aliphatic rings. The number of aromatic amines is 1. The van der Waals surface area contributed by atoms with E-state index in [1.54, 1.807) is 11.3 Å². The summed E-state index contributed by atoms with van der Waals surface area (Å²) in [5.74, 6) is 0. The Hall–Kier alpha value is -1.27. The molecule has 0 atom stereocenters. The molecule has 0 unspecified atom stereocenters. The minimum Gasteiger partial charge on any atom is -0.314 e. The second-order valence-corrected chi connectivity index (χ2v) is 5.80. The summed E-state index contributed by atoms with van der Waals surface area (Å²) in [5.41, 5.74) is 2.11. The normalized spacial score (nSPS) is 15.2. The van der Waals surface area contributed by atoms with Gasteiger partial charge < -0.3 is 5.32 Å². The lowest BCUT2D eigenvalue weighted by Gasteiger charge is -1.99. The first-order valence-corrected chi connectivity index (χ1v) is 7.20. The standard InChI is InChI=1S/C12H17N5S/c1-8-10(7-14-15-8)12-17-16-11(18-12)3-2-6-13-9-4-5-9/h7,9,13H,2-6H2,1H3,(H,14,15). The summed E-state index contributed by atoms with van der Waals surface area (Å²) in [6.07, 6.45) is 6.66. The van der Waals surface area contributed by atoms with Crippen molar-refractivity contribution in [2.75, 3.05) is 6.54 Å². The third kappa shape index (κ3) is 2.76. The van der Waals surface area contributed by atoms with Crippen molar-refractivity contribution in [1.82, 2.24) is 25.7 Å². The highest BCUT2D eigenvalue weighted by Gasteiger charge is 2.19. The van der Waals surface area contributed by atoms with E-state index < -0.39 is 0 Å². The van der Waals surface area contributed by atoms with Gasteiger partial charge in [0.2, 0.25) is 0 Å². The summed E-state index contributed by atoms with van der Waals surface area (Å²) >= 11 is 1.67. The van der Waals surface area contributed by atoms with E-state index >= 15 is 0 Å². The molecule has 2 N–H and O–H groups in total.